The molecule has 0 saturated carbocycles. The van der Waals surface area contributed by atoms with Crippen molar-refractivity contribution >= 4 is 40.3 Å². The first-order valence-electron chi connectivity index (χ1n) is 9.92. The van der Waals surface area contributed by atoms with Gasteiger partial charge in [-0.15, -0.1) is 0 Å². The zero-order valence-electron chi connectivity index (χ0n) is 17.8. The molecule has 1 amide bonds. The monoisotopic (exact) mass is 441 g/mol. The first-order valence-corrected chi connectivity index (χ1v) is 11.1. The number of hydrogen-bond acceptors (Lipinski definition) is 5. The summed E-state index contributed by atoms with van der Waals surface area (Å²) >= 11 is 6.50. The second-order valence-corrected chi connectivity index (χ2v) is 9.78. The number of para-hydroxylation sites is 1. The molecule has 0 aromatic heterocycles. The van der Waals surface area contributed by atoms with Gasteiger partial charge in [0.15, 0.2) is 0 Å². The van der Waals surface area contributed by atoms with Gasteiger partial charge in [0.1, 0.15) is 15.8 Å². The molecule has 0 spiro atoms. The Labute approximate surface area is 188 Å². The van der Waals surface area contributed by atoms with E-state index >= 15 is 0 Å². The predicted molar refractivity (Wildman–Crippen MR) is 128 cm³/mol. The van der Waals surface area contributed by atoms with Crippen molar-refractivity contribution in [2.24, 2.45) is 0 Å². The number of thiocarbonyl (C=S) groups is 1. The molecule has 4 nitrogen and oxygen atoms in total. The summed E-state index contributed by atoms with van der Waals surface area (Å²) < 4.78 is 12.3. The number of rotatable bonds is 7. The number of ether oxygens (including phenoxy) is 2. The molecule has 0 unspecified atom stereocenters. The lowest BCUT2D eigenvalue weighted by atomic mass is 9.87. The van der Waals surface area contributed by atoms with Crippen LogP contribution < -0.4 is 9.47 Å². The van der Waals surface area contributed by atoms with Gasteiger partial charge in [0.05, 0.1) is 18.1 Å². The summed E-state index contributed by atoms with van der Waals surface area (Å²) in [4.78, 5) is 14.3. The molecule has 6 heteroatoms. The van der Waals surface area contributed by atoms with Crippen molar-refractivity contribution in [1.82, 2.24) is 4.90 Å². The van der Waals surface area contributed by atoms with Crippen molar-refractivity contribution in [3.8, 4) is 11.5 Å². The largest absolute Gasteiger partial charge is 0.493 e. The van der Waals surface area contributed by atoms with E-state index in [1.165, 1.54) is 22.2 Å². The van der Waals surface area contributed by atoms with Gasteiger partial charge in [-0.1, -0.05) is 75.1 Å². The Kier molecular flexibility index (Phi) is 7.21. The summed E-state index contributed by atoms with van der Waals surface area (Å²) in [7, 11) is 1.69. The minimum absolute atomic E-state index is 0.0781. The Balaban J connectivity index is 1.51. The molecule has 0 bridgehead atoms. The van der Waals surface area contributed by atoms with Crippen LogP contribution in [0.5, 0.6) is 11.5 Å². The molecule has 0 aliphatic carbocycles. The van der Waals surface area contributed by atoms with Gasteiger partial charge in [-0.2, -0.15) is 0 Å². The van der Waals surface area contributed by atoms with Crippen LogP contribution in [-0.4, -0.2) is 35.4 Å². The smallest absolute Gasteiger partial charge is 0.265 e. The number of hydrogen-bond donors (Lipinski definition) is 0. The van der Waals surface area contributed by atoms with Crippen LogP contribution in [0.15, 0.2) is 53.4 Å². The van der Waals surface area contributed by atoms with Crippen molar-refractivity contribution in [2.45, 2.75) is 32.6 Å². The third kappa shape index (κ3) is 5.64. The molecule has 1 aliphatic heterocycles. The summed E-state index contributed by atoms with van der Waals surface area (Å²) in [6.07, 6.45) is 2.60. The van der Waals surface area contributed by atoms with Gasteiger partial charge in [-0.25, -0.2) is 0 Å². The minimum Gasteiger partial charge on any atom is -0.493 e. The molecule has 0 atom stereocenters. The molecule has 1 heterocycles. The zero-order chi connectivity index (χ0) is 21.7. The van der Waals surface area contributed by atoms with E-state index in [1.807, 2.05) is 42.5 Å². The number of thioether (sulfide) groups is 1. The van der Waals surface area contributed by atoms with Gasteiger partial charge >= 0.3 is 0 Å². The van der Waals surface area contributed by atoms with Crippen LogP contribution in [0.1, 0.15) is 38.3 Å². The van der Waals surface area contributed by atoms with Crippen molar-refractivity contribution in [3.63, 3.8) is 0 Å². The summed E-state index contributed by atoms with van der Waals surface area (Å²) in [5.74, 6) is 1.53. The van der Waals surface area contributed by atoms with Crippen molar-refractivity contribution in [2.75, 3.05) is 20.3 Å². The highest BCUT2D eigenvalue weighted by Gasteiger charge is 2.28. The maximum atomic E-state index is 12.2. The van der Waals surface area contributed by atoms with Gasteiger partial charge in [0, 0.05) is 19.0 Å². The minimum atomic E-state index is -0.0781. The Hall–Kier alpha value is -2.31. The van der Waals surface area contributed by atoms with E-state index in [0.29, 0.717) is 22.4 Å². The maximum Gasteiger partial charge on any atom is 0.265 e. The topological polar surface area (TPSA) is 38.8 Å². The van der Waals surface area contributed by atoms with Gasteiger partial charge in [0.25, 0.3) is 5.91 Å². The van der Waals surface area contributed by atoms with Crippen LogP contribution in [0, 0.1) is 0 Å². The van der Waals surface area contributed by atoms with Crippen LogP contribution in [0.4, 0.5) is 0 Å². The zero-order valence-corrected chi connectivity index (χ0v) is 19.4. The van der Waals surface area contributed by atoms with E-state index in [2.05, 4.69) is 32.9 Å². The van der Waals surface area contributed by atoms with Crippen molar-refractivity contribution in [3.05, 3.63) is 64.6 Å². The number of benzene rings is 2. The average Bonchev–Trinajstić information content (AvgIpc) is 2.95. The highest BCUT2D eigenvalue weighted by Crippen LogP contribution is 2.33. The molecule has 158 valence electrons. The van der Waals surface area contributed by atoms with Crippen molar-refractivity contribution in [1.29, 1.82) is 0 Å². The third-order valence-electron chi connectivity index (χ3n) is 4.73. The first-order chi connectivity index (χ1) is 14.3. The number of carbonyl (C=O) groups excluding carboxylic acids is 1. The number of carbonyl (C=O) groups is 1. The van der Waals surface area contributed by atoms with E-state index < -0.39 is 0 Å². The average molecular weight is 442 g/mol. The number of likely N-dealkylation sites (N-methyl/N-ethyl adjacent to an activating group) is 1. The van der Waals surface area contributed by atoms with Crippen LogP contribution in [0.3, 0.4) is 0 Å². The lowest BCUT2D eigenvalue weighted by Crippen LogP contribution is -2.22. The Morgan fingerprint density at radius 1 is 1.03 bits per heavy atom. The third-order valence-corrected chi connectivity index (χ3v) is 6.21. The molecule has 3 rings (SSSR count). The van der Waals surface area contributed by atoms with Gasteiger partial charge < -0.3 is 9.47 Å². The number of nitrogens with zero attached hydrogens (tertiary/aromatic N) is 1. The predicted octanol–water partition coefficient (Wildman–Crippen LogP) is 5.66. The Bertz CT molecular complexity index is 946. The second-order valence-electron chi connectivity index (χ2n) is 8.10. The molecular weight excluding hydrogens is 414 g/mol. The first kappa shape index (κ1) is 22.4. The fourth-order valence-corrected chi connectivity index (χ4v) is 4.07. The van der Waals surface area contributed by atoms with E-state index in [1.54, 1.807) is 7.05 Å². The molecule has 2 aromatic rings. The molecule has 30 heavy (non-hydrogen) atoms. The normalized spacial score (nSPS) is 15.7. The van der Waals surface area contributed by atoms with Crippen LogP contribution in [0.25, 0.3) is 6.08 Å². The quantitative estimate of drug-likeness (QED) is 0.315. The van der Waals surface area contributed by atoms with E-state index in [0.717, 1.165) is 23.5 Å². The molecular formula is C24H27NO3S2. The summed E-state index contributed by atoms with van der Waals surface area (Å²) in [6.45, 7) is 7.69. The van der Waals surface area contributed by atoms with Gasteiger partial charge in [-0.3, -0.25) is 9.69 Å². The molecule has 0 N–H and O–H groups in total. The van der Waals surface area contributed by atoms with Gasteiger partial charge in [0.2, 0.25) is 0 Å². The van der Waals surface area contributed by atoms with Gasteiger partial charge in [-0.05, 0) is 35.3 Å². The fraction of sp³-hybridized carbons (Fsp3) is 0.333. The SMILES string of the molecule is CN1C(=O)/C(=C/c2ccccc2OCCCOc2ccc(C(C)(C)C)cc2)SC1=S. The highest BCUT2D eigenvalue weighted by molar-refractivity contribution is 8.26. The fourth-order valence-electron chi connectivity index (χ4n) is 2.90. The van der Waals surface area contributed by atoms with Crippen LogP contribution in [0.2, 0.25) is 0 Å². The van der Waals surface area contributed by atoms with E-state index in [4.69, 9.17) is 21.7 Å². The maximum absolute atomic E-state index is 12.2. The lowest BCUT2D eigenvalue weighted by Gasteiger charge is -2.19. The summed E-state index contributed by atoms with van der Waals surface area (Å²) in [5.41, 5.74) is 2.29. The highest BCUT2D eigenvalue weighted by atomic mass is 32.2. The van der Waals surface area contributed by atoms with Crippen molar-refractivity contribution < 1.29 is 14.3 Å². The van der Waals surface area contributed by atoms with Crippen LogP contribution >= 0.6 is 24.0 Å². The molecule has 1 aliphatic rings. The second kappa shape index (κ2) is 9.67. The van der Waals surface area contributed by atoms with E-state index in [-0.39, 0.29) is 11.3 Å². The van der Waals surface area contributed by atoms with E-state index in [9.17, 15) is 4.79 Å². The number of amides is 1. The Morgan fingerprint density at radius 2 is 1.70 bits per heavy atom. The standard InChI is InChI=1S/C24H27NO3S2/c1-24(2,3)18-10-12-19(13-11-18)27-14-7-15-28-20-9-6-5-8-17(20)16-21-22(26)25(4)23(29)30-21/h5-6,8-13,16H,7,14-15H2,1-4H3/b21-16-. The summed E-state index contributed by atoms with van der Waals surface area (Å²) in [5, 5.41) is 0. The summed E-state index contributed by atoms with van der Waals surface area (Å²) in [6, 6.07) is 15.9. The molecule has 1 fully saturated rings. The Morgan fingerprint density at radius 3 is 2.33 bits per heavy atom. The molecule has 2 aromatic carbocycles. The lowest BCUT2D eigenvalue weighted by molar-refractivity contribution is -0.121. The molecule has 0 radical (unpaired) electrons. The van der Waals surface area contributed by atoms with Crippen LogP contribution in [-0.2, 0) is 10.2 Å². The molecule has 1 saturated heterocycles.